The van der Waals surface area contributed by atoms with Gasteiger partial charge in [0.05, 0.1) is 12.2 Å². The van der Waals surface area contributed by atoms with Crippen LogP contribution in [0.1, 0.15) is 96.6 Å². The van der Waals surface area contributed by atoms with E-state index in [-0.39, 0.29) is 32.3 Å². The van der Waals surface area contributed by atoms with Crippen LogP contribution in [0.25, 0.3) is 44.1 Å². The van der Waals surface area contributed by atoms with E-state index in [2.05, 4.69) is 133 Å². The maximum atomic E-state index is 8.56. The quantitative estimate of drug-likeness (QED) is 0.0845. The molecule has 1 radical (unpaired) electrons. The number of fused-ring (bicyclic) bond motifs is 2. The van der Waals surface area contributed by atoms with Gasteiger partial charge >= 0.3 is 0 Å². The van der Waals surface area contributed by atoms with Gasteiger partial charge in [0.2, 0.25) is 0 Å². The number of aliphatic hydroxyl groups is 2. The second kappa shape index (κ2) is 23.8. The normalized spacial score (nSPS) is 11.8. The summed E-state index contributed by atoms with van der Waals surface area (Å²) in [7, 11) is 0. The molecule has 0 aliphatic rings. The van der Waals surface area contributed by atoms with Crippen LogP contribution < -0.4 is 0 Å². The van der Waals surface area contributed by atoms with Gasteiger partial charge in [0.1, 0.15) is 0 Å². The van der Waals surface area contributed by atoms with Crippen molar-refractivity contribution in [2.75, 3.05) is 0 Å². The van der Waals surface area contributed by atoms with Crippen LogP contribution in [-0.2, 0) is 32.9 Å². The van der Waals surface area contributed by atoms with Gasteiger partial charge in [0.25, 0.3) is 0 Å². The molecule has 2 N–H and O–H groups in total. The van der Waals surface area contributed by atoms with Crippen molar-refractivity contribution in [3.05, 3.63) is 133 Å². The largest absolute Gasteiger partial charge is 0.393 e. The number of aryl methyl sites for hydroxylation is 2. The van der Waals surface area contributed by atoms with E-state index in [1.807, 2.05) is 12.4 Å². The zero-order valence-corrected chi connectivity index (χ0v) is 33.8. The molecule has 4 aromatic carbocycles. The van der Waals surface area contributed by atoms with E-state index in [9.17, 15) is 0 Å². The van der Waals surface area contributed by atoms with Gasteiger partial charge in [0, 0.05) is 32.5 Å². The molecule has 2 aromatic heterocycles. The van der Waals surface area contributed by atoms with Gasteiger partial charge in [-0.15, -0.1) is 70.8 Å². The van der Waals surface area contributed by atoms with Crippen molar-refractivity contribution in [2.24, 2.45) is 0 Å². The second-order valence-corrected chi connectivity index (χ2v) is 13.5. The molecule has 0 amide bonds. The fraction of sp³-hybridized carbons (Fsp3) is 0.362. The summed E-state index contributed by atoms with van der Waals surface area (Å²) in [5.41, 5.74) is 6.91. The van der Waals surface area contributed by atoms with Crippen molar-refractivity contribution < 1.29 is 30.3 Å². The van der Waals surface area contributed by atoms with Crippen molar-refractivity contribution in [1.29, 1.82) is 0 Å². The van der Waals surface area contributed by atoms with Crippen molar-refractivity contribution in [2.45, 2.75) is 111 Å². The monoisotopic (exact) mass is 873 g/mol. The summed E-state index contributed by atoms with van der Waals surface area (Å²) in [6.07, 6.45) is 16.1. The Morgan fingerprint density at radius 1 is 0.577 bits per heavy atom. The zero-order valence-electron chi connectivity index (χ0n) is 31.4. The fourth-order valence-electron chi connectivity index (χ4n) is 6.22. The number of hydrogen-bond donors (Lipinski definition) is 2. The molecule has 4 nitrogen and oxygen atoms in total. The summed E-state index contributed by atoms with van der Waals surface area (Å²) >= 11 is 0. The van der Waals surface area contributed by atoms with Crippen LogP contribution in [0.4, 0.5) is 0 Å². The molecule has 0 saturated heterocycles. The number of rotatable bonds is 14. The van der Waals surface area contributed by atoms with Crippen LogP contribution in [0.5, 0.6) is 0 Å². The van der Waals surface area contributed by atoms with E-state index in [1.165, 1.54) is 84.0 Å². The number of unbranched alkanes of at least 4 members (excludes halogenated alkanes) is 6. The van der Waals surface area contributed by atoms with Gasteiger partial charge in [-0.2, -0.15) is 0 Å². The van der Waals surface area contributed by atoms with E-state index < -0.39 is 0 Å². The van der Waals surface area contributed by atoms with E-state index >= 15 is 0 Å². The van der Waals surface area contributed by atoms with Crippen LogP contribution in [0.3, 0.4) is 0 Å². The molecule has 6 aromatic rings. The van der Waals surface area contributed by atoms with Crippen LogP contribution in [-0.4, -0.2) is 32.4 Å². The number of nitrogens with zero attached hydrogens (tertiary/aromatic N) is 2. The first-order valence-electron chi connectivity index (χ1n) is 19.0. The van der Waals surface area contributed by atoms with E-state index in [0.29, 0.717) is 6.42 Å². The molecule has 6 rings (SSSR count). The first-order valence-corrected chi connectivity index (χ1v) is 19.0. The van der Waals surface area contributed by atoms with Gasteiger partial charge in [-0.25, -0.2) is 0 Å². The number of aromatic nitrogens is 2. The minimum atomic E-state index is -0.375. The summed E-state index contributed by atoms with van der Waals surface area (Å²) in [5, 5.41) is 22.0. The minimum Gasteiger partial charge on any atom is -0.393 e. The minimum absolute atomic E-state index is 0. The first-order chi connectivity index (χ1) is 24.9. The standard InChI is InChI=1S/2C21H22N.C5H12O2.Ir/c1-2-3-4-5-9-17-10-8-12-19(16-17)21-20-13-7-6-11-18(20)14-15-22-21;1-2-3-4-5-8-17-11-13-19(14-12-17)21-20-10-7-6-9-18(20)15-16-22-21;1-4(6)3-5(2)7;/h6-8,10-15H,2-5,9H2,1H3;6-7,9-13,15-16H,2-5,8H2,1H3;4-7H,3H2,1-2H3;/q2*-1;;. The average molecular weight is 873 g/mol. The number of aliphatic hydroxyl groups excluding tert-OH is 2. The fourth-order valence-corrected chi connectivity index (χ4v) is 6.22. The summed E-state index contributed by atoms with van der Waals surface area (Å²) in [6, 6.07) is 40.8. The molecule has 52 heavy (non-hydrogen) atoms. The number of hydrogen-bond acceptors (Lipinski definition) is 4. The van der Waals surface area contributed by atoms with Crippen LogP contribution >= 0.6 is 0 Å². The summed E-state index contributed by atoms with van der Waals surface area (Å²) in [4.78, 5) is 9.16. The van der Waals surface area contributed by atoms with Crippen molar-refractivity contribution in [1.82, 2.24) is 9.97 Å². The Hall–Kier alpha value is -3.73. The van der Waals surface area contributed by atoms with Crippen LogP contribution in [0.2, 0.25) is 0 Å². The van der Waals surface area contributed by atoms with Gasteiger partial charge in [-0.1, -0.05) is 120 Å². The van der Waals surface area contributed by atoms with Crippen LogP contribution in [0, 0.1) is 12.1 Å². The van der Waals surface area contributed by atoms with Crippen molar-refractivity contribution >= 4 is 21.5 Å². The average Bonchev–Trinajstić information content (AvgIpc) is 3.15. The molecule has 0 spiro atoms. The Morgan fingerprint density at radius 2 is 1.13 bits per heavy atom. The molecule has 0 bridgehead atoms. The third kappa shape index (κ3) is 14.0. The van der Waals surface area contributed by atoms with Gasteiger partial charge < -0.3 is 20.2 Å². The van der Waals surface area contributed by atoms with E-state index in [0.717, 1.165) is 35.4 Å². The Balaban J connectivity index is 0.000000234. The maximum Gasteiger partial charge on any atom is 0.0536 e. The topological polar surface area (TPSA) is 66.2 Å². The summed E-state index contributed by atoms with van der Waals surface area (Å²) in [5.74, 6) is 0. The summed E-state index contributed by atoms with van der Waals surface area (Å²) in [6.45, 7) is 7.82. The Morgan fingerprint density at radius 3 is 1.65 bits per heavy atom. The molecule has 0 fully saturated rings. The Labute approximate surface area is 326 Å². The first kappa shape index (κ1) is 42.7. The maximum absolute atomic E-state index is 8.56. The van der Waals surface area contributed by atoms with Gasteiger partial charge in [-0.05, 0) is 71.8 Å². The molecule has 0 aliphatic heterocycles. The number of pyridine rings is 2. The Bertz CT molecular complexity index is 1850. The smallest absolute Gasteiger partial charge is 0.0536 e. The SMILES string of the molecule is CC(O)CC(C)O.CCCCCCc1[c-]c(-c2nccc3ccccc23)ccc1.CCCCCCc1c[c-]c(-c2nccc3ccccc23)cc1.[Ir]. The Kier molecular flexibility index (Phi) is 19.5. The summed E-state index contributed by atoms with van der Waals surface area (Å²) < 4.78 is 0. The molecule has 0 aliphatic carbocycles. The van der Waals surface area contributed by atoms with Crippen molar-refractivity contribution in [3.63, 3.8) is 0 Å². The number of benzene rings is 4. The van der Waals surface area contributed by atoms with Crippen LogP contribution in [0.15, 0.2) is 109 Å². The third-order valence-electron chi connectivity index (χ3n) is 8.89. The van der Waals surface area contributed by atoms with E-state index in [1.54, 1.807) is 13.8 Å². The predicted molar refractivity (Wildman–Crippen MR) is 216 cm³/mol. The zero-order chi connectivity index (χ0) is 36.3. The molecule has 2 heterocycles. The molecular weight excluding hydrogens is 817 g/mol. The molecule has 2 unspecified atom stereocenters. The predicted octanol–water partition coefficient (Wildman–Crippen LogP) is 11.8. The third-order valence-corrected chi connectivity index (χ3v) is 8.89. The molecule has 2 atom stereocenters. The molecule has 5 heteroatoms. The van der Waals surface area contributed by atoms with E-state index in [4.69, 9.17) is 10.2 Å². The molecular formula is C47H56IrN2O2-2. The molecule has 277 valence electrons. The second-order valence-electron chi connectivity index (χ2n) is 13.5. The van der Waals surface area contributed by atoms with Gasteiger partial charge in [-0.3, -0.25) is 0 Å². The molecule has 0 saturated carbocycles. The van der Waals surface area contributed by atoms with Crippen molar-refractivity contribution in [3.8, 4) is 22.5 Å². The van der Waals surface area contributed by atoms with Gasteiger partial charge in [0.15, 0.2) is 0 Å².